The van der Waals surface area contributed by atoms with Crippen molar-refractivity contribution in [2.24, 2.45) is 5.41 Å². The van der Waals surface area contributed by atoms with Gasteiger partial charge >= 0.3 is 5.97 Å². The molecule has 1 N–H and O–H groups in total. The van der Waals surface area contributed by atoms with Crippen LogP contribution in [0.2, 0.25) is 0 Å². The molecule has 1 fully saturated rings. The molecule has 3 heterocycles. The van der Waals surface area contributed by atoms with E-state index < -0.39 is 5.97 Å². The fraction of sp³-hybridized carbons (Fsp3) is 0.378. The highest BCUT2D eigenvalue weighted by Crippen LogP contribution is 2.41. The van der Waals surface area contributed by atoms with E-state index in [9.17, 15) is 19.1 Å². The number of piperidine rings is 1. The smallest absolute Gasteiger partial charge is 0.307 e. The first kappa shape index (κ1) is 31.9. The molecule has 0 atom stereocenters. The van der Waals surface area contributed by atoms with Gasteiger partial charge in [0.05, 0.1) is 17.7 Å². The normalized spacial score (nSPS) is 14.4. The first-order valence-electron chi connectivity index (χ1n) is 15.5. The average molecular weight is 612 g/mol. The fourth-order valence-corrected chi connectivity index (χ4v) is 6.28. The highest BCUT2D eigenvalue weighted by molar-refractivity contribution is 5.95. The molecule has 1 saturated heterocycles. The summed E-state index contributed by atoms with van der Waals surface area (Å²) in [5.41, 5.74) is 7.72. The van der Waals surface area contributed by atoms with Gasteiger partial charge < -0.3 is 19.3 Å². The summed E-state index contributed by atoms with van der Waals surface area (Å²) in [6.07, 6.45) is 1.95. The molecule has 0 aliphatic carbocycles. The number of aliphatic carboxylic acids is 1. The average Bonchev–Trinajstić information content (AvgIpc) is 3.32. The summed E-state index contributed by atoms with van der Waals surface area (Å²) >= 11 is 0. The molecule has 1 aliphatic heterocycles. The van der Waals surface area contributed by atoms with Crippen LogP contribution in [-0.4, -0.2) is 40.0 Å². The zero-order valence-corrected chi connectivity index (χ0v) is 27.0. The number of carbonyl (C=O) groups is 2. The highest BCUT2D eigenvalue weighted by Gasteiger charge is 2.30. The second kappa shape index (κ2) is 12.9. The molecule has 5 rings (SSSR count). The van der Waals surface area contributed by atoms with Gasteiger partial charge in [-0.2, -0.15) is 0 Å². The molecule has 2 aromatic carbocycles. The van der Waals surface area contributed by atoms with Gasteiger partial charge in [-0.3, -0.25) is 14.6 Å². The number of pyridine rings is 1. The molecule has 1 aliphatic rings. The van der Waals surface area contributed by atoms with Crippen molar-refractivity contribution in [3.05, 3.63) is 106 Å². The number of carboxylic acids is 1. The molecule has 0 radical (unpaired) electrons. The molecule has 4 aromatic rings. The summed E-state index contributed by atoms with van der Waals surface area (Å²) in [7, 11) is 0. The van der Waals surface area contributed by atoms with Crippen molar-refractivity contribution in [3.8, 4) is 11.1 Å². The molecule has 2 aromatic heterocycles. The van der Waals surface area contributed by atoms with Crippen molar-refractivity contribution in [2.45, 2.75) is 73.9 Å². The maximum Gasteiger partial charge on any atom is 0.307 e. The molecule has 45 heavy (non-hydrogen) atoms. The monoisotopic (exact) mass is 611 g/mol. The van der Waals surface area contributed by atoms with Crippen molar-refractivity contribution in [3.63, 3.8) is 0 Å². The first-order valence-corrected chi connectivity index (χ1v) is 15.5. The molecule has 0 saturated carbocycles. The second-order valence-electron chi connectivity index (χ2n) is 13.0. The number of carbonyl (C=O) groups excluding carboxylic acids is 1. The number of carboxylic acid groups (broad SMARTS) is 1. The Hall–Kier alpha value is -4.46. The van der Waals surface area contributed by atoms with E-state index in [2.05, 4.69) is 18.7 Å². The van der Waals surface area contributed by atoms with Crippen molar-refractivity contribution in [2.75, 3.05) is 18.0 Å². The summed E-state index contributed by atoms with van der Waals surface area (Å²) in [5, 5.41) is 9.81. The number of hydrogen-bond acceptors (Lipinski definition) is 5. The fourth-order valence-electron chi connectivity index (χ4n) is 6.28. The molecular weight excluding hydrogens is 569 g/mol. The Morgan fingerprint density at radius 3 is 2.04 bits per heavy atom. The first-order chi connectivity index (χ1) is 21.3. The van der Waals surface area contributed by atoms with Gasteiger partial charge in [0.15, 0.2) is 0 Å². The number of aryl methyl sites for hydroxylation is 4. The van der Waals surface area contributed by atoms with Gasteiger partial charge in [-0.05, 0) is 80.8 Å². The van der Waals surface area contributed by atoms with E-state index in [0.717, 1.165) is 70.8 Å². The van der Waals surface area contributed by atoms with E-state index in [1.807, 2.05) is 45.0 Å². The molecule has 0 spiro atoms. The van der Waals surface area contributed by atoms with Gasteiger partial charge in [0.2, 0.25) is 0 Å². The van der Waals surface area contributed by atoms with Crippen molar-refractivity contribution < 1.29 is 23.5 Å². The lowest BCUT2D eigenvalue weighted by Crippen LogP contribution is -2.38. The zero-order chi connectivity index (χ0) is 32.5. The van der Waals surface area contributed by atoms with E-state index in [-0.39, 0.29) is 23.6 Å². The quantitative estimate of drug-likeness (QED) is 0.208. The topological polar surface area (TPSA) is 86.9 Å². The van der Waals surface area contributed by atoms with E-state index in [1.54, 1.807) is 30.0 Å². The number of amides is 1. The van der Waals surface area contributed by atoms with E-state index in [1.165, 1.54) is 12.1 Å². The molecule has 8 heteroatoms. The third kappa shape index (κ3) is 7.27. The summed E-state index contributed by atoms with van der Waals surface area (Å²) in [6, 6.07) is 16.0. The van der Waals surface area contributed by atoms with Gasteiger partial charge in [0, 0.05) is 48.7 Å². The molecule has 236 valence electrons. The van der Waals surface area contributed by atoms with E-state index >= 15 is 0 Å². The van der Waals surface area contributed by atoms with Crippen LogP contribution in [0.25, 0.3) is 11.1 Å². The minimum Gasteiger partial charge on any atom is -0.481 e. The molecule has 0 unspecified atom stereocenters. The highest BCUT2D eigenvalue weighted by atomic mass is 19.1. The lowest BCUT2D eigenvalue weighted by atomic mass is 9.82. The van der Waals surface area contributed by atoms with Crippen LogP contribution in [0.4, 0.5) is 10.1 Å². The van der Waals surface area contributed by atoms with Gasteiger partial charge in [0.1, 0.15) is 17.3 Å². The van der Waals surface area contributed by atoms with Gasteiger partial charge in [-0.15, -0.1) is 0 Å². The molecule has 7 nitrogen and oxygen atoms in total. The SMILES string of the molecule is Cc1cc(C(=O)N(Cc2ccc(F)cc2)Cc2ccc(-c3c(C)nc(C)c(CC(=O)O)c3N3CCC(C)(C)CC3)cc2)c(C)o1. The lowest BCUT2D eigenvalue weighted by molar-refractivity contribution is -0.136. The summed E-state index contributed by atoms with van der Waals surface area (Å²) in [5.74, 6) is -0.138. The lowest BCUT2D eigenvalue weighted by Gasteiger charge is -2.40. The van der Waals surface area contributed by atoms with Crippen LogP contribution in [0.3, 0.4) is 0 Å². The van der Waals surface area contributed by atoms with Crippen LogP contribution in [0.1, 0.15) is 76.6 Å². The number of benzene rings is 2. The van der Waals surface area contributed by atoms with Crippen molar-refractivity contribution >= 4 is 17.6 Å². The molecule has 0 bridgehead atoms. The van der Waals surface area contributed by atoms with Gasteiger partial charge in [-0.1, -0.05) is 50.2 Å². The third-order valence-corrected chi connectivity index (χ3v) is 8.88. The predicted octanol–water partition coefficient (Wildman–Crippen LogP) is 7.81. The predicted molar refractivity (Wildman–Crippen MR) is 174 cm³/mol. The van der Waals surface area contributed by atoms with Crippen LogP contribution in [0.15, 0.2) is 59.0 Å². The van der Waals surface area contributed by atoms with Gasteiger partial charge in [0.25, 0.3) is 5.91 Å². The van der Waals surface area contributed by atoms with Crippen molar-refractivity contribution in [1.29, 1.82) is 0 Å². The number of furan rings is 1. The summed E-state index contributed by atoms with van der Waals surface area (Å²) in [4.78, 5) is 34.6. The largest absolute Gasteiger partial charge is 0.481 e. The summed E-state index contributed by atoms with van der Waals surface area (Å²) < 4.78 is 19.3. The van der Waals surface area contributed by atoms with Crippen LogP contribution in [0.5, 0.6) is 0 Å². The standard InChI is InChI=1S/C37H42FN3O4/c1-23-19-32(26(4)45-23)36(44)41(22-28-9-13-30(38)14-10-28)21-27-7-11-29(12-8-27)34-25(3)39-24(2)31(20-33(42)43)35(34)40-17-15-37(5,6)16-18-40/h7-14,19H,15-18,20-22H2,1-6H3,(H,42,43). The number of nitrogens with zero attached hydrogens (tertiary/aromatic N) is 3. The number of halogens is 1. The minimum absolute atomic E-state index is 0.0905. The summed E-state index contributed by atoms with van der Waals surface area (Å²) in [6.45, 7) is 14.4. The number of hydrogen-bond donors (Lipinski definition) is 1. The Morgan fingerprint density at radius 1 is 0.933 bits per heavy atom. The third-order valence-electron chi connectivity index (χ3n) is 8.88. The van der Waals surface area contributed by atoms with Crippen LogP contribution in [-0.2, 0) is 24.3 Å². The van der Waals surface area contributed by atoms with Crippen LogP contribution >= 0.6 is 0 Å². The van der Waals surface area contributed by atoms with Crippen LogP contribution < -0.4 is 4.90 Å². The van der Waals surface area contributed by atoms with Crippen LogP contribution in [0, 0.1) is 38.9 Å². The number of aromatic nitrogens is 1. The Kier molecular flexibility index (Phi) is 9.14. The zero-order valence-electron chi connectivity index (χ0n) is 27.0. The Labute approximate surface area is 264 Å². The van der Waals surface area contributed by atoms with Crippen molar-refractivity contribution in [1.82, 2.24) is 9.88 Å². The Balaban J connectivity index is 1.50. The second-order valence-corrected chi connectivity index (χ2v) is 13.0. The molecule has 1 amide bonds. The maximum absolute atomic E-state index is 13.7. The van der Waals surface area contributed by atoms with Gasteiger partial charge in [-0.25, -0.2) is 4.39 Å². The van der Waals surface area contributed by atoms with E-state index in [4.69, 9.17) is 9.40 Å². The minimum atomic E-state index is -0.877. The Morgan fingerprint density at radius 2 is 1.51 bits per heavy atom. The molecular formula is C37H42FN3O4. The Bertz CT molecular complexity index is 1700. The number of anilines is 1. The maximum atomic E-state index is 13.7. The number of rotatable bonds is 9. The van der Waals surface area contributed by atoms with E-state index in [0.29, 0.717) is 30.2 Å².